The zero-order valence-corrected chi connectivity index (χ0v) is 8.75. The summed E-state index contributed by atoms with van der Waals surface area (Å²) in [4.78, 5) is 0. The van der Waals surface area contributed by atoms with Gasteiger partial charge in [-0.15, -0.1) is 10.2 Å². The molecule has 0 bridgehead atoms. The van der Waals surface area contributed by atoms with Crippen LogP contribution >= 0.6 is 0 Å². The van der Waals surface area contributed by atoms with Gasteiger partial charge in [-0.1, -0.05) is 0 Å². The summed E-state index contributed by atoms with van der Waals surface area (Å²) in [5, 5.41) is 20.7. The molecular formula is C9H13N5O. The highest BCUT2D eigenvalue weighted by molar-refractivity contribution is 5.16. The quantitative estimate of drug-likeness (QED) is 0.760. The third-order valence-electron chi connectivity index (χ3n) is 2.51. The Labute approximate surface area is 87.2 Å². The average Bonchev–Trinajstić information content (AvgIpc) is 2.80. The number of aryl methyl sites for hydroxylation is 1. The number of aromatic nitrogens is 5. The van der Waals surface area contributed by atoms with Gasteiger partial charge >= 0.3 is 0 Å². The van der Waals surface area contributed by atoms with Gasteiger partial charge in [-0.3, -0.25) is 4.68 Å². The highest BCUT2D eigenvalue weighted by Gasteiger charge is 2.07. The molecule has 0 atom stereocenters. The molecule has 0 radical (unpaired) electrons. The molecule has 0 aliphatic rings. The molecule has 2 heterocycles. The Bertz CT molecular complexity index is 459. The molecule has 0 aromatic carbocycles. The van der Waals surface area contributed by atoms with Crippen molar-refractivity contribution < 1.29 is 5.11 Å². The van der Waals surface area contributed by atoms with Crippen molar-refractivity contribution in [1.29, 1.82) is 0 Å². The first-order valence-corrected chi connectivity index (χ1v) is 4.67. The Morgan fingerprint density at radius 3 is 2.87 bits per heavy atom. The molecule has 2 aromatic rings. The molecule has 80 valence electrons. The molecule has 6 nitrogen and oxygen atoms in total. The Hall–Kier alpha value is -1.69. The Morgan fingerprint density at radius 1 is 1.47 bits per heavy atom. The van der Waals surface area contributed by atoms with Gasteiger partial charge in [-0.2, -0.15) is 5.10 Å². The van der Waals surface area contributed by atoms with E-state index in [0.717, 1.165) is 11.3 Å². The summed E-state index contributed by atoms with van der Waals surface area (Å²) in [7, 11) is 1.90. The largest absolute Gasteiger partial charge is 0.388 e. The first-order chi connectivity index (χ1) is 7.22. The van der Waals surface area contributed by atoms with Crippen molar-refractivity contribution >= 4 is 0 Å². The van der Waals surface area contributed by atoms with Gasteiger partial charge in [-0.25, -0.2) is 0 Å². The van der Waals surface area contributed by atoms with E-state index in [2.05, 4.69) is 15.3 Å². The van der Waals surface area contributed by atoms with E-state index in [1.165, 1.54) is 0 Å². The van der Waals surface area contributed by atoms with Gasteiger partial charge in [0.25, 0.3) is 0 Å². The van der Waals surface area contributed by atoms with Crippen LogP contribution in [0.3, 0.4) is 0 Å². The minimum atomic E-state index is -0.0979. The van der Waals surface area contributed by atoms with Gasteiger partial charge < -0.3 is 9.67 Å². The standard InChI is InChI=1S/C9H13N5O/c1-7-8(3-11-13(7)2)4-14-6-10-12-9(14)5-15/h3,6,15H,4-5H2,1-2H3. The third-order valence-corrected chi connectivity index (χ3v) is 2.51. The van der Waals surface area contributed by atoms with Crippen molar-refractivity contribution in [3.63, 3.8) is 0 Å². The topological polar surface area (TPSA) is 68.8 Å². The molecule has 0 aliphatic carbocycles. The van der Waals surface area contributed by atoms with Crippen LogP contribution in [0.1, 0.15) is 17.1 Å². The SMILES string of the molecule is Cc1c(Cn2cnnc2CO)cnn1C. The van der Waals surface area contributed by atoms with Gasteiger partial charge in [0.15, 0.2) is 5.82 Å². The molecule has 0 unspecified atom stereocenters. The molecule has 0 saturated heterocycles. The maximum Gasteiger partial charge on any atom is 0.158 e. The first-order valence-electron chi connectivity index (χ1n) is 4.67. The monoisotopic (exact) mass is 207 g/mol. The molecule has 0 amide bonds. The minimum Gasteiger partial charge on any atom is -0.388 e. The summed E-state index contributed by atoms with van der Waals surface area (Å²) < 4.78 is 3.63. The summed E-state index contributed by atoms with van der Waals surface area (Å²) >= 11 is 0. The number of hydrogen-bond donors (Lipinski definition) is 1. The number of aliphatic hydroxyl groups excluding tert-OH is 1. The van der Waals surface area contributed by atoms with E-state index in [4.69, 9.17) is 5.11 Å². The number of hydrogen-bond acceptors (Lipinski definition) is 4. The van der Waals surface area contributed by atoms with E-state index in [-0.39, 0.29) is 6.61 Å². The van der Waals surface area contributed by atoms with Gasteiger partial charge in [0.05, 0.1) is 12.7 Å². The second-order valence-corrected chi connectivity index (χ2v) is 3.41. The summed E-state index contributed by atoms with van der Waals surface area (Å²) in [5.74, 6) is 0.568. The van der Waals surface area contributed by atoms with Crippen LogP contribution in [-0.2, 0) is 20.2 Å². The maximum absolute atomic E-state index is 9.02. The predicted molar refractivity (Wildman–Crippen MR) is 53.0 cm³/mol. The zero-order chi connectivity index (χ0) is 10.8. The van der Waals surface area contributed by atoms with Crippen LogP contribution in [0.25, 0.3) is 0 Å². The first kappa shape index (κ1) is 9.85. The van der Waals surface area contributed by atoms with Crippen molar-refractivity contribution in [2.45, 2.75) is 20.1 Å². The normalized spacial score (nSPS) is 10.9. The maximum atomic E-state index is 9.02. The highest BCUT2D eigenvalue weighted by atomic mass is 16.3. The van der Waals surface area contributed by atoms with E-state index < -0.39 is 0 Å². The molecule has 6 heteroatoms. The fourth-order valence-corrected chi connectivity index (χ4v) is 1.42. The minimum absolute atomic E-state index is 0.0979. The Morgan fingerprint density at radius 2 is 2.27 bits per heavy atom. The third kappa shape index (κ3) is 1.75. The average molecular weight is 207 g/mol. The van der Waals surface area contributed by atoms with Crippen molar-refractivity contribution in [3.05, 3.63) is 29.6 Å². The van der Waals surface area contributed by atoms with Crippen molar-refractivity contribution in [2.24, 2.45) is 7.05 Å². The van der Waals surface area contributed by atoms with Crippen molar-refractivity contribution in [3.8, 4) is 0 Å². The Kier molecular flexibility index (Phi) is 2.51. The van der Waals surface area contributed by atoms with Crippen LogP contribution < -0.4 is 0 Å². The summed E-state index contributed by atoms with van der Waals surface area (Å²) in [6.45, 7) is 2.55. The van der Waals surface area contributed by atoms with Crippen LogP contribution in [0, 0.1) is 6.92 Å². The second kappa shape index (κ2) is 3.82. The van der Waals surface area contributed by atoms with E-state index in [1.807, 2.05) is 29.4 Å². The number of aliphatic hydroxyl groups is 1. The fourth-order valence-electron chi connectivity index (χ4n) is 1.42. The Balaban J connectivity index is 2.25. The summed E-state index contributed by atoms with van der Waals surface area (Å²) in [6.07, 6.45) is 3.43. The molecule has 2 aromatic heterocycles. The van der Waals surface area contributed by atoms with E-state index in [0.29, 0.717) is 12.4 Å². The molecular weight excluding hydrogens is 194 g/mol. The molecule has 15 heavy (non-hydrogen) atoms. The van der Waals surface area contributed by atoms with E-state index in [9.17, 15) is 0 Å². The zero-order valence-electron chi connectivity index (χ0n) is 8.75. The molecule has 0 fully saturated rings. The lowest BCUT2D eigenvalue weighted by molar-refractivity contribution is 0.265. The number of rotatable bonds is 3. The molecule has 0 saturated carbocycles. The summed E-state index contributed by atoms with van der Waals surface area (Å²) in [6, 6.07) is 0. The van der Waals surface area contributed by atoms with Crippen molar-refractivity contribution in [2.75, 3.05) is 0 Å². The molecule has 0 aliphatic heterocycles. The fraction of sp³-hybridized carbons (Fsp3) is 0.444. The predicted octanol–water partition coefficient (Wildman–Crippen LogP) is -0.139. The lowest BCUT2D eigenvalue weighted by Gasteiger charge is -2.03. The van der Waals surface area contributed by atoms with E-state index in [1.54, 1.807) is 6.33 Å². The molecule has 0 spiro atoms. The van der Waals surface area contributed by atoms with Gasteiger partial charge in [0, 0.05) is 18.3 Å². The summed E-state index contributed by atoms with van der Waals surface area (Å²) in [5.41, 5.74) is 2.21. The van der Waals surface area contributed by atoms with Crippen molar-refractivity contribution in [1.82, 2.24) is 24.5 Å². The van der Waals surface area contributed by atoms with Gasteiger partial charge in [-0.05, 0) is 6.92 Å². The van der Waals surface area contributed by atoms with Crippen LogP contribution in [-0.4, -0.2) is 29.7 Å². The van der Waals surface area contributed by atoms with Crippen LogP contribution in [0.2, 0.25) is 0 Å². The van der Waals surface area contributed by atoms with E-state index >= 15 is 0 Å². The van der Waals surface area contributed by atoms with Gasteiger partial charge in [0.2, 0.25) is 0 Å². The lowest BCUT2D eigenvalue weighted by atomic mass is 10.2. The second-order valence-electron chi connectivity index (χ2n) is 3.41. The number of nitrogens with zero attached hydrogens (tertiary/aromatic N) is 5. The lowest BCUT2D eigenvalue weighted by Crippen LogP contribution is -2.05. The highest BCUT2D eigenvalue weighted by Crippen LogP contribution is 2.08. The van der Waals surface area contributed by atoms with Crippen LogP contribution in [0.4, 0.5) is 0 Å². The van der Waals surface area contributed by atoms with Crippen LogP contribution in [0.5, 0.6) is 0 Å². The van der Waals surface area contributed by atoms with Crippen LogP contribution in [0.15, 0.2) is 12.5 Å². The molecule has 1 N–H and O–H groups in total. The molecule has 2 rings (SSSR count). The smallest absolute Gasteiger partial charge is 0.158 e. The van der Waals surface area contributed by atoms with Gasteiger partial charge in [0.1, 0.15) is 12.9 Å².